The molecule has 206 valence electrons. The first-order valence-corrected chi connectivity index (χ1v) is 15.5. The van der Waals surface area contributed by atoms with E-state index in [-0.39, 0.29) is 29.7 Å². The molecule has 3 aromatic carbocycles. The van der Waals surface area contributed by atoms with Crippen LogP contribution in [-0.2, 0) is 10.2 Å². The van der Waals surface area contributed by atoms with Crippen molar-refractivity contribution in [3.8, 4) is 11.5 Å². The molecular formula is C34H35NO4S. The third-order valence-electron chi connectivity index (χ3n) is 9.44. The summed E-state index contributed by atoms with van der Waals surface area (Å²) >= 11 is 1.00. The summed E-state index contributed by atoms with van der Waals surface area (Å²) in [6, 6.07) is 20.5. The van der Waals surface area contributed by atoms with E-state index < -0.39 is 0 Å². The van der Waals surface area contributed by atoms with E-state index in [0.717, 1.165) is 57.4 Å². The van der Waals surface area contributed by atoms with Crippen molar-refractivity contribution in [3.05, 3.63) is 76.7 Å². The van der Waals surface area contributed by atoms with Crippen molar-refractivity contribution in [2.75, 3.05) is 19.8 Å². The number of ether oxygens (including phenoxy) is 2. The first-order valence-electron chi connectivity index (χ1n) is 14.6. The van der Waals surface area contributed by atoms with Crippen LogP contribution in [0.25, 0.3) is 16.8 Å². The van der Waals surface area contributed by atoms with E-state index >= 15 is 0 Å². The molecule has 8 rings (SSSR count). The van der Waals surface area contributed by atoms with Crippen LogP contribution in [-0.4, -0.2) is 35.8 Å². The number of hydrogen-bond donors (Lipinski definition) is 0. The second-order valence-electron chi connectivity index (χ2n) is 12.0. The molecule has 0 unspecified atom stereocenters. The number of imide groups is 1. The van der Waals surface area contributed by atoms with Crippen molar-refractivity contribution in [1.82, 2.24) is 4.90 Å². The zero-order valence-electron chi connectivity index (χ0n) is 22.9. The number of hydrogen-bond acceptors (Lipinski definition) is 5. The summed E-state index contributed by atoms with van der Waals surface area (Å²) in [5, 5.41) is 1.85. The molecule has 0 atom stereocenters. The Bertz CT molecular complexity index is 1470. The normalized spacial score (nSPS) is 28.2. The predicted octanol–water partition coefficient (Wildman–Crippen LogP) is 7.82. The molecule has 40 heavy (non-hydrogen) atoms. The van der Waals surface area contributed by atoms with Crippen molar-refractivity contribution >= 4 is 39.8 Å². The van der Waals surface area contributed by atoms with Crippen LogP contribution in [0.1, 0.15) is 56.6 Å². The van der Waals surface area contributed by atoms with Crippen LogP contribution in [0.15, 0.2) is 65.6 Å². The van der Waals surface area contributed by atoms with Gasteiger partial charge in [0.2, 0.25) is 0 Å². The fourth-order valence-electron chi connectivity index (χ4n) is 8.14. The molecule has 4 bridgehead atoms. The molecule has 1 saturated heterocycles. The fraction of sp³-hybridized carbons (Fsp3) is 0.412. The number of carbonyl (C=O) groups is 2. The van der Waals surface area contributed by atoms with E-state index in [9.17, 15) is 9.59 Å². The lowest BCUT2D eigenvalue weighted by atomic mass is 9.48. The van der Waals surface area contributed by atoms with Gasteiger partial charge in [0.15, 0.2) is 0 Å². The Morgan fingerprint density at radius 2 is 1.62 bits per heavy atom. The lowest BCUT2D eigenvalue weighted by Crippen LogP contribution is -2.48. The van der Waals surface area contributed by atoms with Gasteiger partial charge in [-0.2, -0.15) is 0 Å². The van der Waals surface area contributed by atoms with Crippen molar-refractivity contribution < 1.29 is 19.1 Å². The molecule has 1 aliphatic heterocycles. The predicted molar refractivity (Wildman–Crippen MR) is 160 cm³/mol. The lowest BCUT2D eigenvalue weighted by molar-refractivity contribution is -0.123. The van der Waals surface area contributed by atoms with Crippen LogP contribution in [0.2, 0.25) is 0 Å². The number of benzene rings is 3. The van der Waals surface area contributed by atoms with Gasteiger partial charge >= 0.3 is 0 Å². The quantitative estimate of drug-likeness (QED) is 0.266. The average molecular weight is 554 g/mol. The van der Waals surface area contributed by atoms with Crippen LogP contribution in [0.4, 0.5) is 4.79 Å². The van der Waals surface area contributed by atoms with Crippen LogP contribution in [0, 0.1) is 17.8 Å². The van der Waals surface area contributed by atoms with Gasteiger partial charge in [-0.05, 0) is 116 Å². The molecule has 5 nitrogen and oxygen atoms in total. The second kappa shape index (κ2) is 10.3. The Morgan fingerprint density at radius 1 is 0.900 bits per heavy atom. The fourth-order valence-corrected chi connectivity index (χ4v) is 9.00. The van der Waals surface area contributed by atoms with E-state index in [4.69, 9.17) is 9.47 Å². The molecule has 5 fully saturated rings. The number of rotatable bonds is 8. The highest BCUT2D eigenvalue weighted by Crippen LogP contribution is 2.61. The lowest BCUT2D eigenvalue weighted by Gasteiger charge is -2.57. The van der Waals surface area contributed by atoms with Crippen LogP contribution < -0.4 is 9.47 Å². The van der Waals surface area contributed by atoms with Crippen LogP contribution in [0.5, 0.6) is 11.5 Å². The van der Waals surface area contributed by atoms with Crippen molar-refractivity contribution in [2.24, 2.45) is 17.8 Å². The molecule has 5 aliphatic rings. The molecule has 4 aliphatic carbocycles. The maximum absolute atomic E-state index is 13.4. The van der Waals surface area contributed by atoms with E-state index in [1.165, 1.54) is 49.0 Å². The van der Waals surface area contributed by atoms with Gasteiger partial charge in [-0.25, -0.2) is 0 Å². The van der Waals surface area contributed by atoms with Gasteiger partial charge in [-0.3, -0.25) is 14.5 Å². The van der Waals surface area contributed by atoms with Crippen LogP contribution >= 0.6 is 11.8 Å². The summed E-state index contributed by atoms with van der Waals surface area (Å²) < 4.78 is 12.0. The van der Waals surface area contributed by atoms with Gasteiger partial charge in [0.25, 0.3) is 11.1 Å². The molecule has 2 amide bonds. The Balaban J connectivity index is 1.10. The van der Waals surface area contributed by atoms with Gasteiger partial charge < -0.3 is 9.47 Å². The third kappa shape index (κ3) is 4.60. The Morgan fingerprint density at radius 3 is 2.38 bits per heavy atom. The Kier molecular flexibility index (Phi) is 6.62. The smallest absolute Gasteiger partial charge is 0.293 e. The number of amides is 2. The SMILES string of the molecule is CCOc1ccc(C23CC4CC(CC(C4)C2)C3)cc1/C=C1\SC(=O)N(CCOc2cccc3ccccc23)C1=O. The molecule has 1 heterocycles. The van der Waals surface area contributed by atoms with E-state index in [1.807, 2.05) is 55.5 Å². The zero-order chi connectivity index (χ0) is 27.3. The molecule has 6 heteroatoms. The summed E-state index contributed by atoms with van der Waals surface area (Å²) in [6.45, 7) is 2.97. The van der Waals surface area contributed by atoms with Crippen LogP contribution in [0.3, 0.4) is 0 Å². The minimum absolute atomic E-state index is 0.205. The first kappa shape index (κ1) is 25.7. The van der Waals surface area contributed by atoms with E-state index in [1.54, 1.807) is 0 Å². The number of fused-ring (bicyclic) bond motifs is 1. The van der Waals surface area contributed by atoms with Gasteiger partial charge in [-0.15, -0.1) is 0 Å². The highest BCUT2D eigenvalue weighted by atomic mass is 32.2. The summed E-state index contributed by atoms with van der Waals surface area (Å²) in [7, 11) is 0. The van der Waals surface area contributed by atoms with Crippen molar-refractivity contribution in [3.63, 3.8) is 0 Å². The number of carbonyl (C=O) groups excluding carboxylic acids is 2. The minimum Gasteiger partial charge on any atom is -0.493 e. The molecule has 0 N–H and O–H groups in total. The van der Waals surface area contributed by atoms with Gasteiger partial charge in [-0.1, -0.05) is 42.5 Å². The van der Waals surface area contributed by atoms with E-state index in [2.05, 4.69) is 18.2 Å². The van der Waals surface area contributed by atoms with Gasteiger partial charge in [0.05, 0.1) is 18.1 Å². The summed E-state index contributed by atoms with van der Waals surface area (Å²) in [5.41, 5.74) is 2.53. The van der Waals surface area contributed by atoms with Gasteiger partial charge in [0.1, 0.15) is 18.1 Å². The summed E-state index contributed by atoms with van der Waals surface area (Å²) in [4.78, 5) is 28.0. The second-order valence-corrected chi connectivity index (χ2v) is 13.0. The maximum atomic E-state index is 13.4. The standard InChI is InChI=1S/C34H35NO4S/c1-2-38-29-11-10-27(34-19-22-14-23(20-34)16-24(15-22)21-34)17-26(29)18-31-32(36)35(33(37)40-31)12-13-39-30-9-5-7-25-6-3-4-8-28(25)30/h3-11,17-18,22-24H,2,12-16,19-21H2,1H3/b31-18-. The Labute approximate surface area is 239 Å². The molecule has 3 aromatic rings. The van der Waals surface area contributed by atoms with Gasteiger partial charge in [0, 0.05) is 10.9 Å². The van der Waals surface area contributed by atoms with Crippen molar-refractivity contribution in [2.45, 2.75) is 50.9 Å². The average Bonchev–Trinajstić information content (AvgIpc) is 3.21. The number of nitrogens with zero attached hydrogens (tertiary/aromatic N) is 1. The third-order valence-corrected chi connectivity index (χ3v) is 10.3. The maximum Gasteiger partial charge on any atom is 0.293 e. The highest BCUT2D eigenvalue weighted by molar-refractivity contribution is 8.18. The molecular weight excluding hydrogens is 518 g/mol. The molecule has 0 aromatic heterocycles. The largest absolute Gasteiger partial charge is 0.493 e. The Hall–Kier alpha value is -3.25. The molecule has 0 radical (unpaired) electrons. The summed E-state index contributed by atoms with van der Waals surface area (Å²) in [6.07, 6.45) is 9.91. The van der Waals surface area contributed by atoms with E-state index in [0.29, 0.717) is 11.5 Å². The number of thioether (sulfide) groups is 1. The monoisotopic (exact) mass is 553 g/mol. The molecule has 4 saturated carbocycles. The topological polar surface area (TPSA) is 55.8 Å². The first-order chi connectivity index (χ1) is 19.5. The highest BCUT2D eigenvalue weighted by Gasteiger charge is 2.51. The zero-order valence-corrected chi connectivity index (χ0v) is 23.8. The minimum atomic E-state index is -0.265. The summed E-state index contributed by atoms with van der Waals surface area (Å²) in [5.74, 6) is 3.82. The van der Waals surface area contributed by atoms with Crippen molar-refractivity contribution in [1.29, 1.82) is 0 Å². The molecule has 0 spiro atoms.